The van der Waals surface area contributed by atoms with E-state index < -0.39 is 17.6 Å². The number of nitrogens with one attached hydrogen (secondary N) is 1. The molecule has 14 heteroatoms. The molecule has 1 heterocycles. The van der Waals surface area contributed by atoms with Crippen molar-refractivity contribution in [1.29, 1.82) is 0 Å². The van der Waals surface area contributed by atoms with E-state index in [1.54, 1.807) is 0 Å². The first-order chi connectivity index (χ1) is 26.9. The number of amidine groups is 2. The topological polar surface area (TPSA) is 147 Å². The normalized spacial score (nSPS) is 15.2. The average molecular weight is 817 g/mol. The minimum absolute atomic E-state index is 0.00898. The Morgan fingerprint density at radius 3 is 1.20 bits per heavy atom. The highest BCUT2D eigenvalue weighted by atomic mass is 28.4. The van der Waals surface area contributed by atoms with Gasteiger partial charge in [-0.3, -0.25) is 10.9 Å². The fraction of sp³-hybridized carbons (Fsp3) is 0.951. The Kier molecular flexibility index (Phi) is 33.4. The fourth-order valence-corrected chi connectivity index (χ4v) is 12.9. The largest absolute Gasteiger partial charge is 0.500 e. The van der Waals surface area contributed by atoms with Gasteiger partial charge in [-0.2, -0.15) is 5.53 Å². The van der Waals surface area contributed by atoms with E-state index in [0.717, 1.165) is 62.3 Å². The predicted molar refractivity (Wildman–Crippen MR) is 234 cm³/mol. The summed E-state index contributed by atoms with van der Waals surface area (Å²) < 4.78 is 36.0. The van der Waals surface area contributed by atoms with E-state index in [9.17, 15) is 0 Å². The maximum Gasteiger partial charge on any atom is 0.500 e. The van der Waals surface area contributed by atoms with Crippen LogP contribution in [-0.2, 0) is 26.6 Å². The first kappa shape index (κ1) is 52.2. The molecule has 5 N–H and O–H groups in total. The molecule has 0 saturated carbocycles. The van der Waals surface area contributed by atoms with Gasteiger partial charge in [0.15, 0.2) is 0 Å². The second-order valence-corrected chi connectivity index (χ2v) is 20.1. The van der Waals surface area contributed by atoms with E-state index in [1.807, 2.05) is 46.6 Å². The van der Waals surface area contributed by atoms with Crippen molar-refractivity contribution in [2.75, 3.05) is 46.2 Å². The van der Waals surface area contributed by atoms with Crippen molar-refractivity contribution in [3.63, 3.8) is 0 Å². The quantitative estimate of drug-likeness (QED) is 0.0236. The van der Waals surface area contributed by atoms with Crippen LogP contribution in [0.2, 0.25) is 12.1 Å². The maximum absolute atomic E-state index is 5.99. The molecule has 0 spiro atoms. The van der Waals surface area contributed by atoms with Crippen LogP contribution >= 0.6 is 0 Å². The Bertz CT molecular complexity index is 919. The van der Waals surface area contributed by atoms with Crippen LogP contribution in [-0.4, -0.2) is 86.6 Å². The molecule has 0 bridgehead atoms. The Morgan fingerprint density at radius 2 is 0.855 bits per heavy atom. The van der Waals surface area contributed by atoms with Crippen LogP contribution in [0.4, 0.5) is 0 Å². The molecule has 1 unspecified atom stereocenters. The predicted octanol–water partition coefficient (Wildman–Crippen LogP) is 9.83. The lowest BCUT2D eigenvalue weighted by Crippen LogP contribution is -2.54. The molecule has 1 atom stereocenters. The number of hydrogen-bond donors (Lipinski definition) is 3. The summed E-state index contributed by atoms with van der Waals surface area (Å²) >= 11 is 0. The Labute approximate surface area is 340 Å². The summed E-state index contributed by atoms with van der Waals surface area (Å²) in [5.41, 5.74) is 8.82. The van der Waals surface area contributed by atoms with Crippen molar-refractivity contribution in [1.82, 2.24) is 10.5 Å². The summed E-state index contributed by atoms with van der Waals surface area (Å²) in [5, 5.41) is 1.94. The number of nitrogens with two attached hydrogens (primary N) is 2. The van der Waals surface area contributed by atoms with E-state index in [-0.39, 0.29) is 6.17 Å². The molecule has 326 valence electrons. The van der Waals surface area contributed by atoms with Gasteiger partial charge in [0.1, 0.15) is 17.8 Å². The van der Waals surface area contributed by atoms with Crippen molar-refractivity contribution in [3.8, 4) is 0 Å². The second kappa shape index (κ2) is 35.2. The molecule has 0 saturated heterocycles. The van der Waals surface area contributed by atoms with E-state index in [1.165, 1.54) is 103 Å². The minimum atomic E-state index is -2.49. The van der Waals surface area contributed by atoms with Gasteiger partial charge in [0.05, 0.1) is 0 Å². The van der Waals surface area contributed by atoms with Crippen LogP contribution in [0.15, 0.2) is 9.98 Å². The lowest BCUT2D eigenvalue weighted by molar-refractivity contribution is 0.0698. The molecule has 12 nitrogen and oxygen atoms in total. The van der Waals surface area contributed by atoms with Crippen LogP contribution in [0.1, 0.15) is 189 Å². The van der Waals surface area contributed by atoms with Crippen molar-refractivity contribution in [2.24, 2.45) is 21.6 Å². The van der Waals surface area contributed by atoms with Crippen molar-refractivity contribution in [2.45, 2.75) is 207 Å². The van der Waals surface area contributed by atoms with Gasteiger partial charge in [0.25, 0.3) is 0 Å². The van der Waals surface area contributed by atoms with E-state index >= 15 is 0 Å². The zero-order chi connectivity index (χ0) is 40.3. The molecule has 1 aliphatic rings. The third-order valence-electron chi connectivity index (χ3n) is 10.2. The SMILES string of the molecule is CCO[Si](CCCCCCCCCCCCC1=NC(CCCCCCCCCCCC[Si](OCC)(OCC)OCC)N(NN)C(CCN)=N1)(OCC)OCC. The van der Waals surface area contributed by atoms with Crippen molar-refractivity contribution < 1.29 is 26.6 Å². The molecule has 0 aromatic rings. The summed E-state index contributed by atoms with van der Waals surface area (Å²) in [6.45, 7) is 16.6. The molecule has 55 heavy (non-hydrogen) atoms. The number of aliphatic imine (C=N–C) groups is 2. The van der Waals surface area contributed by atoms with Crippen molar-refractivity contribution in [3.05, 3.63) is 0 Å². The molecule has 0 amide bonds. The summed E-state index contributed by atoms with van der Waals surface area (Å²) in [7, 11) is -4.97. The number of nitrogens with zero attached hydrogens (tertiary/aromatic N) is 3. The zero-order valence-electron chi connectivity index (χ0n) is 36.7. The van der Waals surface area contributed by atoms with Crippen LogP contribution in [0.3, 0.4) is 0 Å². The number of rotatable bonds is 41. The smallest absolute Gasteiger partial charge is 0.374 e. The summed E-state index contributed by atoms with van der Waals surface area (Å²) in [6.07, 6.45) is 27.5. The Morgan fingerprint density at radius 1 is 0.509 bits per heavy atom. The molecule has 0 radical (unpaired) electrons. The lowest BCUT2D eigenvalue weighted by atomic mass is 10.0. The van der Waals surface area contributed by atoms with E-state index in [0.29, 0.717) is 52.6 Å². The van der Waals surface area contributed by atoms with Crippen LogP contribution in [0.5, 0.6) is 0 Å². The van der Waals surface area contributed by atoms with E-state index in [2.05, 4.69) is 5.53 Å². The molecule has 0 aromatic heterocycles. The van der Waals surface area contributed by atoms with Gasteiger partial charge >= 0.3 is 17.6 Å². The lowest BCUT2D eigenvalue weighted by Gasteiger charge is -2.33. The highest BCUT2D eigenvalue weighted by molar-refractivity contribution is 6.61. The van der Waals surface area contributed by atoms with Gasteiger partial charge in [0, 0.05) is 64.6 Å². The van der Waals surface area contributed by atoms with Crippen LogP contribution in [0, 0.1) is 0 Å². The first-order valence-electron chi connectivity index (χ1n) is 22.9. The van der Waals surface area contributed by atoms with Crippen LogP contribution < -0.4 is 17.1 Å². The molecule has 1 rings (SSSR count). The monoisotopic (exact) mass is 817 g/mol. The average Bonchev–Trinajstić information content (AvgIpc) is 3.16. The third-order valence-corrected chi connectivity index (χ3v) is 16.5. The molecular formula is C41H88N6O6Si2. The standard InChI is InChI=1S/C41H88N6O6Si2/c1-7-48-54(49-8-2,50-9-3)37-31-27-23-19-15-13-17-21-25-29-33-39-44-40(47(46-43)41(45-39)35-36-42)34-30-26-22-18-14-16-20-24-28-32-38-55(51-10-4,52-11-5)53-12-6/h40,46H,7-38,42-43H2,1-6H3. The highest BCUT2D eigenvalue weighted by Gasteiger charge is 2.40. The highest BCUT2D eigenvalue weighted by Crippen LogP contribution is 2.23. The van der Waals surface area contributed by atoms with Gasteiger partial charge < -0.3 is 32.3 Å². The van der Waals surface area contributed by atoms with Gasteiger partial charge in [0.2, 0.25) is 0 Å². The first-order valence-corrected chi connectivity index (χ1v) is 26.7. The summed E-state index contributed by atoms with van der Waals surface area (Å²) in [4.78, 5) is 9.93. The summed E-state index contributed by atoms with van der Waals surface area (Å²) in [5.74, 6) is 7.85. The van der Waals surface area contributed by atoms with Crippen molar-refractivity contribution >= 4 is 29.3 Å². The van der Waals surface area contributed by atoms with E-state index in [4.69, 9.17) is 48.1 Å². The van der Waals surface area contributed by atoms with Gasteiger partial charge in [-0.1, -0.05) is 103 Å². The molecule has 0 aliphatic carbocycles. The van der Waals surface area contributed by atoms with Gasteiger partial charge in [-0.15, -0.1) is 0 Å². The third kappa shape index (κ3) is 24.0. The van der Waals surface area contributed by atoms with Gasteiger partial charge in [-0.05, 0) is 80.2 Å². The second-order valence-electron chi connectivity index (χ2n) is 14.7. The number of hydrogen-bond acceptors (Lipinski definition) is 12. The Balaban J connectivity index is 2.25. The fourth-order valence-electron chi connectivity index (χ4n) is 7.54. The number of unbranched alkanes of at least 4 members (excludes halogenated alkanes) is 18. The maximum atomic E-state index is 5.99. The van der Waals surface area contributed by atoms with Crippen LogP contribution in [0.25, 0.3) is 0 Å². The summed E-state index contributed by atoms with van der Waals surface area (Å²) in [6, 6.07) is 1.86. The molecular weight excluding hydrogens is 729 g/mol. The molecule has 0 aromatic carbocycles. The number of hydrazine groups is 2. The minimum Gasteiger partial charge on any atom is -0.374 e. The molecule has 1 aliphatic heterocycles. The Hall–Kier alpha value is -0.786. The van der Waals surface area contributed by atoms with Gasteiger partial charge in [-0.25, -0.2) is 9.98 Å². The zero-order valence-corrected chi connectivity index (χ0v) is 38.7. The molecule has 0 fully saturated rings.